The molecule has 1 saturated heterocycles. The molecule has 0 aromatic carbocycles. The molecule has 0 amide bonds. The molecule has 1 spiro atoms. The first kappa shape index (κ1) is 31.7. The van der Waals surface area contributed by atoms with Crippen LogP contribution in [0.4, 0.5) is 0 Å². The van der Waals surface area contributed by atoms with Gasteiger partial charge in [0.05, 0.1) is 29.6 Å². The van der Waals surface area contributed by atoms with E-state index in [0.29, 0.717) is 18.7 Å². The summed E-state index contributed by atoms with van der Waals surface area (Å²) in [5.41, 5.74) is 5.74. The van der Waals surface area contributed by atoms with Gasteiger partial charge >= 0.3 is 0 Å². The number of nitrogens with zero attached hydrogens (tertiary/aromatic N) is 3. The van der Waals surface area contributed by atoms with Gasteiger partial charge < -0.3 is 19.3 Å². The lowest BCUT2D eigenvalue weighted by atomic mass is 9.89. The van der Waals surface area contributed by atoms with Gasteiger partial charge in [-0.15, -0.1) is 16.7 Å². The van der Waals surface area contributed by atoms with Gasteiger partial charge in [0, 0.05) is 5.88 Å². The Morgan fingerprint density at radius 3 is 2.24 bits per heavy atom. The first-order valence-corrected chi connectivity index (χ1v) is 20.9. The van der Waals surface area contributed by atoms with Crippen molar-refractivity contribution in [2.75, 3.05) is 12.5 Å². The molecule has 3 rings (SSSR count). The van der Waals surface area contributed by atoms with Crippen molar-refractivity contribution in [3.63, 3.8) is 0 Å². The van der Waals surface area contributed by atoms with Gasteiger partial charge in [0.1, 0.15) is 12.2 Å². The van der Waals surface area contributed by atoms with Crippen LogP contribution in [0.3, 0.4) is 0 Å². The SMILES string of the molecule is CC(C)(C)[Si](C)(C)OCC1OC(n2nncc2CCCCl)C(O[Si](C)(C)C(C)(C)C)C12OS(=O)(=O)C=C2N. The molecular weight excluding hydrogens is 564 g/mol. The maximum atomic E-state index is 12.9. The molecule has 0 aliphatic carbocycles. The maximum absolute atomic E-state index is 12.9. The van der Waals surface area contributed by atoms with Crippen LogP contribution < -0.4 is 5.73 Å². The summed E-state index contributed by atoms with van der Waals surface area (Å²) >= 11 is 5.97. The van der Waals surface area contributed by atoms with E-state index in [4.69, 9.17) is 35.1 Å². The second kappa shape index (κ2) is 10.5. The first-order chi connectivity index (χ1) is 17.2. The van der Waals surface area contributed by atoms with E-state index in [1.807, 2.05) is 0 Å². The van der Waals surface area contributed by atoms with Gasteiger partial charge in [0.15, 0.2) is 28.5 Å². The minimum atomic E-state index is -4.08. The van der Waals surface area contributed by atoms with Crippen molar-refractivity contribution in [1.29, 1.82) is 0 Å². The van der Waals surface area contributed by atoms with E-state index in [9.17, 15) is 8.42 Å². The van der Waals surface area contributed by atoms with Crippen LogP contribution >= 0.6 is 11.6 Å². The van der Waals surface area contributed by atoms with E-state index in [1.54, 1.807) is 10.9 Å². The largest absolute Gasteiger partial charge is 0.414 e. The average Bonchev–Trinajstić information content (AvgIpc) is 3.38. The lowest BCUT2D eigenvalue weighted by Crippen LogP contribution is -2.59. The van der Waals surface area contributed by atoms with E-state index < -0.39 is 50.8 Å². The fraction of sp³-hybridized carbons (Fsp3) is 0.833. The Bertz CT molecular complexity index is 1150. The van der Waals surface area contributed by atoms with Gasteiger partial charge in [0.2, 0.25) is 0 Å². The third-order valence-corrected chi connectivity index (χ3v) is 18.8. The van der Waals surface area contributed by atoms with Gasteiger partial charge in [-0.25, -0.2) is 8.86 Å². The highest BCUT2D eigenvalue weighted by Gasteiger charge is 2.67. The highest BCUT2D eigenvalue weighted by molar-refractivity contribution is 7.90. The summed E-state index contributed by atoms with van der Waals surface area (Å²) in [4.78, 5) is 0. The van der Waals surface area contributed by atoms with Gasteiger partial charge in [-0.05, 0) is 49.1 Å². The molecule has 1 aromatic heterocycles. The van der Waals surface area contributed by atoms with E-state index >= 15 is 0 Å². The molecule has 2 aliphatic rings. The Morgan fingerprint density at radius 2 is 1.74 bits per heavy atom. The molecule has 0 saturated carbocycles. The minimum absolute atomic E-state index is 0.0370. The van der Waals surface area contributed by atoms with Gasteiger partial charge in [-0.1, -0.05) is 46.8 Å². The lowest BCUT2D eigenvalue weighted by molar-refractivity contribution is -0.0605. The molecule has 0 bridgehead atoms. The average molecular weight is 609 g/mol. The monoisotopic (exact) mass is 608 g/mol. The highest BCUT2D eigenvalue weighted by atomic mass is 35.5. The fourth-order valence-electron chi connectivity index (χ4n) is 4.09. The lowest BCUT2D eigenvalue weighted by Gasteiger charge is -2.43. The molecule has 14 heteroatoms. The molecule has 0 radical (unpaired) electrons. The molecule has 1 fully saturated rings. The van der Waals surface area contributed by atoms with E-state index in [2.05, 4.69) is 78.0 Å². The Morgan fingerprint density at radius 1 is 1.13 bits per heavy atom. The van der Waals surface area contributed by atoms with Crippen LogP contribution in [0.25, 0.3) is 0 Å². The van der Waals surface area contributed by atoms with Crippen LogP contribution in [0.15, 0.2) is 17.3 Å². The molecule has 4 unspecified atom stereocenters. The Kier molecular flexibility index (Phi) is 8.80. The zero-order valence-electron chi connectivity index (χ0n) is 24.4. The minimum Gasteiger partial charge on any atom is -0.414 e. The van der Waals surface area contributed by atoms with E-state index in [1.165, 1.54) is 0 Å². The summed E-state index contributed by atoms with van der Waals surface area (Å²) in [6.07, 6.45) is 0.371. The summed E-state index contributed by atoms with van der Waals surface area (Å²) < 4.78 is 53.3. The summed E-state index contributed by atoms with van der Waals surface area (Å²) in [6, 6.07) is 0. The van der Waals surface area contributed by atoms with Crippen LogP contribution in [-0.4, -0.2) is 70.3 Å². The topological polar surface area (TPSA) is 128 Å². The third-order valence-electron chi connectivity index (χ3n) is 8.53. The molecule has 218 valence electrons. The maximum Gasteiger partial charge on any atom is 0.292 e. The van der Waals surface area contributed by atoms with Crippen molar-refractivity contribution in [1.82, 2.24) is 15.0 Å². The number of rotatable bonds is 9. The smallest absolute Gasteiger partial charge is 0.292 e. The number of halogens is 1. The molecule has 38 heavy (non-hydrogen) atoms. The van der Waals surface area contributed by atoms with Crippen LogP contribution in [-0.2, 0) is 34.3 Å². The zero-order chi connectivity index (χ0) is 28.9. The normalized spacial score (nSPS) is 28.3. The fourth-order valence-corrected chi connectivity index (χ4v) is 7.74. The summed E-state index contributed by atoms with van der Waals surface area (Å²) in [7, 11) is -8.83. The number of aromatic nitrogens is 3. The molecule has 2 aliphatic heterocycles. The van der Waals surface area contributed by atoms with Crippen molar-refractivity contribution >= 4 is 38.4 Å². The van der Waals surface area contributed by atoms with Crippen molar-refractivity contribution in [2.24, 2.45) is 5.73 Å². The Labute approximate surface area is 234 Å². The van der Waals surface area contributed by atoms with Gasteiger partial charge in [-0.2, -0.15) is 8.42 Å². The van der Waals surface area contributed by atoms with Gasteiger partial charge in [0.25, 0.3) is 10.1 Å². The van der Waals surface area contributed by atoms with Crippen molar-refractivity contribution < 1.29 is 26.2 Å². The van der Waals surface area contributed by atoms with Crippen LogP contribution in [0.2, 0.25) is 36.3 Å². The first-order valence-electron chi connectivity index (χ1n) is 13.0. The molecule has 3 heterocycles. The number of aryl methyl sites for hydroxylation is 1. The molecular formula is C24H45ClN4O6SSi2. The number of hydrogen-bond acceptors (Lipinski definition) is 9. The predicted octanol–water partition coefficient (Wildman–Crippen LogP) is 4.66. The van der Waals surface area contributed by atoms with Crippen molar-refractivity contribution in [2.45, 2.75) is 115 Å². The quantitative estimate of drug-likeness (QED) is 0.242. The van der Waals surface area contributed by atoms with Crippen LogP contribution in [0.5, 0.6) is 0 Å². The zero-order valence-corrected chi connectivity index (χ0v) is 27.9. The summed E-state index contributed by atoms with van der Waals surface area (Å²) in [5.74, 6) is 0.477. The molecule has 4 atom stereocenters. The van der Waals surface area contributed by atoms with Gasteiger partial charge in [-0.3, -0.25) is 0 Å². The summed E-state index contributed by atoms with van der Waals surface area (Å²) in [6.45, 7) is 21.3. The number of ether oxygens (including phenoxy) is 1. The number of alkyl halides is 1. The van der Waals surface area contributed by atoms with Crippen LogP contribution in [0.1, 0.15) is 59.9 Å². The molecule has 1 aromatic rings. The highest BCUT2D eigenvalue weighted by Crippen LogP contribution is 2.52. The second-order valence-corrected chi connectivity index (χ2v) is 24.6. The molecule has 10 nitrogen and oxygen atoms in total. The van der Waals surface area contributed by atoms with Crippen molar-refractivity contribution in [3.8, 4) is 0 Å². The van der Waals surface area contributed by atoms with Crippen LogP contribution in [0, 0.1) is 0 Å². The Hall–Kier alpha value is -0.806. The van der Waals surface area contributed by atoms with E-state index in [-0.39, 0.29) is 22.4 Å². The number of nitrogens with two attached hydrogens (primary N) is 1. The second-order valence-electron chi connectivity index (χ2n) is 13.3. The third kappa shape index (κ3) is 5.95. The van der Waals surface area contributed by atoms with Crippen molar-refractivity contribution in [3.05, 3.63) is 23.0 Å². The molecule has 2 N–H and O–H groups in total. The standard InChI is InChI=1S/C24H45ClN4O6SSi2/c1-22(2,3)37(7,8)32-15-19-24(18(26)16-36(30,31)35-24)20(34-38(9,10)23(4,5)6)21(33-19)29-17(12-11-13-25)14-27-28-29/h14,16,19-21H,11-13,15,26H2,1-10H3. The Balaban J connectivity index is 2.16. The van der Waals surface area contributed by atoms with E-state index in [0.717, 1.165) is 11.1 Å². The predicted molar refractivity (Wildman–Crippen MR) is 153 cm³/mol. The number of hydrogen-bond donors (Lipinski definition) is 1. The summed E-state index contributed by atoms with van der Waals surface area (Å²) in [5, 5.41) is 9.16.